The minimum Gasteiger partial charge on any atom is -0.293 e. The molecule has 0 spiro atoms. The maximum Gasteiger partial charge on any atom is 0.416 e. The number of alkyl halides is 3. The van der Waals surface area contributed by atoms with Crippen LogP contribution in [-0.4, -0.2) is 10.8 Å². The number of hydrogen-bond acceptors (Lipinski definition) is 2. The standard InChI is InChI=1S/C15H11BrF3NO/c1-9(13-4-2-3-7-20-13)14(21)11-8-10(15(17,18)19)5-6-12(11)16/h2-9H,1H3. The number of benzene rings is 1. The van der Waals surface area contributed by atoms with Gasteiger partial charge in [0.05, 0.1) is 17.2 Å². The fraction of sp³-hybridized carbons (Fsp3) is 0.200. The molecule has 1 aromatic heterocycles. The number of pyridine rings is 1. The first-order valence-corrected chi connectivity index (χ1v) is 6.92. The van der Waals surface area contributed by atoms with Gasteiger partial charge in [0.1, 0.15) is 0 Å². The van der Waals surface area contributed by atoms with Crippen LogP contribution in [0.5, 0.6) is 0 Å². The van der Waals surface area contributed by atoms with E-state index in [1.165, 1.54) is 6.07 Å². The molecule has 1 unspecified atom stereocenters. The molecule has 0 aliphatic carbocycles. The van der Waals surface area contributed by atoms with Crippen molar-refractivity contribution in [2.24, 2.45) is 0 Å². The van der Waals surface area contributed by atoms with Crippen molar-refractivity contribution in [3.63, 3.8) is 0 Å². The molecule has 0 saturated carbocycles. The summed E-state index contributed by atoms with van der Waals surface area (Å²) in [7, 11) is 0. The first-order chi connectivity index (χ1) is 9.80. The molecule has 1 aromatic carbocycles. The summed E-state index contributed by atoms with van der Waals surface area (Å²) in [5.41, 5.74) is -0.322. The Hall–Kier alpha value is -1.69. The van der Waals surface area contributed by atoms with E-state index < -0.39 is 23.4 Å². The molecule has 110 valence electrons. The number of hydrogen-bond donors (Lipinski definition) is 0. The van der Waals surface area contributed by atoms with Crippen LogP contribution in [0, 0.1) is 0 Å². The summed E-state index contributed by atoms with van der Waals surface area (Å²) in [6.45, 7) is 1.62. The number of nitrogens with zero attached hydrogens (tertiary/aromatic N) is 1. The SMILES string of the molecule is CC(C(=O)c1cc(C(F)(F)F)ccc1Br)c1ccccn1. The molecule has 0 fully saturated rings. The summed E-state index contributed by atoms with van der Waals surface area (Å²) in [5.74, 6) is -1.03. The molecular weight excluding hydrogens is 347 g/mol. The summed E-state index contributed by atoms with van der Waals surface area (Å²) < 4.78 is 38.6. The zero-order chi connectivity index (χ0) is 15.6. The predicted octanol–water partition coefficient (Wildman–Crippen LogP) is 4.85. The molecule has 0 aliphatic heterocycles. The first kappa shape index (κ1) is 15.7. The molecule has 2 rings (SSSR count). The maximum absolute atomic E-state index is 12.7. The van der Waals surface area contributed by atoms with Crippen molar-refractivity contribution in [2.45, 2.75) is 19.0 Å². The molecule has 0 N–H and O–H groups in total. The quantitative estimate of drug-likeness (QED) is 0.735. The van der Waals surface area contributed by atoms with Crippen molar-refractivity contribution in [1.82, 2.24) is 4.98 Å². The van der Waals surface area contributed by atoms with Gasteiger partial charge in [-0.15, -0.1) is 0 Å². The normalized spacial score (nSPS) is 13.0. The molecule has 0 saturated heterocycles. The average molecular weight is 358 g/mol. The smallest absolute Gasteiger partial charge is 0.293 e. The van der Waals surface area contributed by atoms with E-state index >= 15 is 0 Å². The van der Waals surface area contributed by atoms with Gasteiger partial charge in [-0.05, 0) is 37.3 Å². The van der Waals surface area contributed by atoms with Crippen LogP contribution in [0.2, 0.25) is 0 Å². The van der Waals surface area contributed by atoms with Gasteiger partial charge >= 0.3 is 6.18 Å². The summed E-state index contributed by atoms with van der Waals surface area (Å²) >= 11 is 3.13. The molecule has 0 aliphatic rings. The summed E-state index contributed by atoms with van der Waals surface area (Å²) in [6.07, 6.45) is -2.94. The third kappa shape index (κ3) is 3.50. The van der Waals surface area contributed by atoms with E-state index in [-0.39, 0.29) is 5.56 Å². The molecule has 2 nitrogen and oxygen atoms in total. The van der Waals surface area contributed by atoms with Gasteiger partial charge in [0, 0.05) is 16.2 Å². The molecule has 6 heteroatoms. The highest BCUT2D eigenvalue weighted by Crippen LogP contribution is 2.33. The van der Waals surface area contributed by atoms with Crippen molar-refractivity contribution in [2.75, 3.05) is 0 Å². The van der Waals surface area contributed by atoms with Crippen LogP contribution < -0.4 is 0 Å². The minimum atomic E-state index is -4.48. The summed E-state index contributed by atoms with van der Waals surface area (Å²) in [5, 5.41) is 0. The van der Waals surface area contributed by atoms with Crippen LogP contribution in [-0.2, 0) is 6.18 Å². The lowest BCUT2D eigenvalue weighted by molar-refractivity contribution is -0.137. The number of rotatable bonds is 3. The fourth-order valence-corrected chi connectivity index (χ4v) is 2.33. The van der Waals surface area contributed by atoms with Gasteiger partial charge < -0.3 is 0 Å². The van der Waals surface area contributed by atoms with Crippen molar-refractivity contribution in [3.8, 4) is 0 Å². The Labute approximate surface area is 128 Å². The van der Waals surface area contributed by atoms with Crippen LogP contribution in [0.25, 0.3) is 0 Å². The Balaban J connectivity index is 2.39. The Kier molecular flexibility index (Phi) is 4.46. The first-order valence-electron chi connectivity index (χ1n) is 6.12. The second-order valence-electron chi connectivity index (χ2n) is 4.53. The molecule has 0 radical (unpaired) electrons. The number of halogens is 4. The highest BCUT2D eigenvalue weighted by atomic mass is 79.9. The Morgan fingerprint density at radius 3 is 2.52 bits per heavy atom. The number of carbonyl (C=O) groups is 1. The summed E-state index contributed by atoms with van der Waals surface area (Å²) in [4.78, 5) is 16.5. The third-order valence-corrected chi connectivity index (χ3v) is 3.78. The Morgan fingerprint density at radius 2 is 1.95 bits per heavy atom. The van der Waals surface area contributed by atoms with Gasteiger partial charge in [0.2, 0.25) is 0 Å². The number of carbonyl (C=O) groups excluding carboxylic acids is 1. The van der Waals surface area contributed by atoms with E-state index in [0.717, 1.165) is 12.1 Å². The Bertz CT molecular complexity index is 656. The lowest BCUT2D eigenvalue weighted by Crippen LogP contribution is -2.14. The third-order valence-electron chi connectivity index (χ3n) is 3.08. The monoisotopic (exact) mass is 357 g/mol. The summed E-state index contributed by atoms with van der Waals surface area (Å²) in [6, 6.07) is 8.15. The van der Waals surface area contributed by atoms with Crippen LogP contribution >= 0.6 is 15.9 Å². The molecular formula is C15H11BrF3NO. The Morgan fingerprint density at radius 1 is 1.24 bits per heavy atom. The lowest BCUT2D eigenvalue weighted by atomic mass is 9.95. The van der Waals surface area contributed by atoms with Crippen LogP contribution in [0.1, 0.15) is 34.5 Å². The lowest BCUT2D eigenvalue weighted by Gasteiger charge is -2.13. The van der Waals surface area contributed by atoms with Gasteiger partial charge in [-0.1, -0.05) is 22.0 Å². The molecule has 0 bridgehead atoms. The number of ketones is 1. The van der Waals surface area contributed by atoms with Crippen molar-refractivity contribution in [3.05, 3.63) is 63.9 Å². The number of aromatic nitrogens is 1. The fourth-order valence-electron chi connectivity index (χ4n) is 1.89. The maximum atomic E-state index is 12.7. The van der Waals surface area contributed by atoms with Crippen molar-refractivity contribution in [1.29, 1.82) is 0 Å². The van der Waals surface area contributed by atoms with Gasteiger partial charge in [0.25, 0.3) is 0 Å². The van der Waals surface area contributed by atoms with Gasteiger partial charge in [-0.25, -0.2) is 0 Å². The molecule has 2 aromatic rings. The molecule has 1 atom stereocenters. The minimum absolute atomic E-state index is 0.00276. The van der Waals surface area contributed by atoms with E-state index in [0.29, 0.717) is 10.2 Å². The van der Waals surface area contributed by atoms with Crippen LogP contribution in [0.15, 0.2) is 47.1 Å². The molecule has 1 heterocycles. The second-order valence-corrected chi connectivity index (χ2v) is 5.39. The van der Waals surface area contributed by atoms with E-state index in [1.54, 1.807) is 31.3 Å². The highest BCUT2D eigenvalue weighted by molar-refractivity contribution is 9.10. The van der Waals surface area contributed by atoms with Crippen molar-refractivity contribution >= 4 is 21.7 Å². The van der Waals surface area contributed by atoms with E-state index in [9.17, 15) is 18.0 Å². The number of Topliss-reactive ketones (excluding diaryl/α,β-unsaturated/α-hetero) is 1. The topological polar surface area (TPSA) is 30.0 Å². The van der Waals surface area contributed by atoms with Crippen LogP contribution in [0.4, 0.5) is 13.2 Å². The highest BCUT2D eigenvalue weighted by Gasteiger charge is 2.32. The molecule has 21 heavy (non-hydrogen) atoms. The van der Waals surface area contributed by atoms with Gasteiger partial charge in [0.15, 0.2) is 5.78 Å². The molecule has 0 amide bonds. The van der Waals surface area contributed by atoms with E-state index in [2.05, 4.69) is 20.9 Å². The van der Waals surface area contributed by atoms with E-state index in [4.69, 9.17) is 0 Å². The van der Waals surface area contributed by atoms with Crippen molar-refractivity contribution < 1.29 is 18.0 Å². The zero-order valence-corrected chi connectivity index (χ0v) is 12.6. The van der Waals surface area contributed by atoms with Gasteiger partial charge in [-0.3, -0.25) is 9.78 Å². The zero-order valence-electron chi connectivity index (χ0n) is 11.0. The van der Waals surface area contributed by atoms with Gasteiger partial charge in [-0.2, -0.15) is 13.2 Å². The average Bonchev–Trinajstić information content (AvgIpc) is 2.46. The van der Waals surface area contributed by atoms with E-state index in [1.807, 2.05) is 0 Å². The predicted molar refractivity (Wildman–Crippen MR) is 76.1 cm³/mol. The largest absolute Gasteiger partial charge is 0.416 e. The second kappa shape index (κ2) is 5.97. The van der Waals surface area contributed by atoms with Crippen LogP contribution in [0.3, 0.4) is 0 Å².